The molecule has 0 aromatic carbocycles. The molecule has 0 aromatic heterocycles. The summed E-state index contributed by atoms with van der Waals surface area (Å²) in [6.45, 7) is 4.40. The van der Waals surface area contributed by atoms with Gasteiger partial charge < -0.3 is 28.8 Å². The van der Waals surface area contributed by atoms with Crippen LogP contribution < -0.4 is 0 Å². The van der Waals surface area contributed by atoms with Crippen LogP contribution in [-0.4, -0.2) is 83.0 Å². The van der Waals surface area contributed by atoms with Gasteiger partial charge in [0.15, 0.2) is 24.4 Å². The van der Waals surface area contributed by atoms with Crippen LogP contribution in [0.5, 0.6) is 0 Å². The van der Waals surface area contributed by atoms with Gasteiger partial charge in [0.05, 0.1) is 5.92 Å². The molecule has 0 spiro atoms. The Bertz CT molecular complexity index is 854. The Morgan fingerprint density at radius 1 is 0.886 bits per heavy atom. The van der Waals surface area contributed by atoms with Crippen LogP contribution in [0.4, 0.5) is 0 Å². The summed E-state index contributed by atoms with van der Waals surface area (Å²) < 4.78 is 25.9. The molecule has 14 heteroatoms. The zero-order chi connectivity index (χ0) is 26.9. The van der Waals surface area contributed by atoms with Gasteiger partial charge in [0, 0.05) is 39.5 Å². The van der Waals surface area contributed by atoms with Crippen molar-refractivity contribution in [2.75, 3.05) is 6.61 Å². The number of esters is 5. The first-order valence-electron chi connectivity index (χ1n) is 10.5. The maximum atomic E-state index is 12.0. The van der Waals surface area contributed by atoms with E-state index in [4.69, 9.17) is 23.7 Å². The largest absolute Gasteiger partial charge is 0.462 e. The third kappa shape index (κ3) is 9.31. The number of nitro groups is 1. The molecule has 0 bridgehead atoms. The topological polar surface area (TPSA) is 195 Å². The van der Waals surface area contributed by atoms with Gasteiger partial charge in [-0.1, -0.05) is 12.2 Å². The summed E-state index contributed by atoms with van der Waals surface area (Å²) >= 11 is 0. The molecule has 0 saturated carbocycles. The lowest BCUT2D eigenvalue weighted by Crippen LogP contribution is -2.58. The van der Waals surface area contributed by atoms with Gasteiger partial charge in [-0.3, -0.25) is 34.1 Å². The highest BCUT2D eigenvalue weighted by atomic mass is 16.6. The molecule has 14 nitrogen and oxygen atoms in total. The van der Waals surface area contributed by atoms with E-state index in [1.807, 2.05) is 0 Å². The number of carbonyl (C=O) groups is 5. The minimum absolute atomic E-state index is 0.0899. The fourth-order valence-corrected chi connectivity index (χ4v) is 3.75. The van der Waals surface area contributed by atoms with Gasteiger partial charge in [-0.15, -0.1) is 0 Å². The molecule has 35 heavy (non-hydrogen) atoms. The molecule has 7 atom stereocenters. The molecule has 196 valence electrons. The van der Waals surface area contributed by atoms with Crippen molar-refractivity contribution in [1.29, 1.82) is 0 Å². The summed E-state index contributed by atoms with van der Waals surface area (Å²) in [4.78, 5) is 70.0. The van der Waals surface area contributed by atoms with Crippen molar-refractivity contribution in [3.05, 3.63) is 22.3 Å². The van der Waals surface area contributed by atoms with Gasteiger partial charge in [0.2, 0.25) is 6.04 Å². The average molecular weight is 503 g/mol. The number of aliphatic hydroxyl groups excluding tert-OH is 1. The molecule has 0 radical (unpaired) electrons. The van der Waals surface area contributed by atoms with Crippen molar-refractivity contribution in [2.24, 2.45) is 5.92 Å². The fraction of sp³-hybridized carbons (Fsp3) is 0.667. The van der Waals surface area contributed by atoms with E-state index in [0.29, 0.717) is 0 Å². The van der Waals surface area contributed by atoms with E-state index in [-0.39, 0.29) is 6.42 Å². The van der Waals surface area contributed by atoms with E-state index in [2.05, 4.69) is 0 Å². The summed E-state index contributed by atoms with van der Waals surface area (Å²) in [7, 11) is 0. The number of carbonyl (C=O) groups excluding carboxylic acids is 5. The molecule has 0 saturated heterocycles. The minimum Gasteiger partial charge on any atom is -0.462 e. The monoisotopic (exact) mass is 503 g/mol. The van der Waals surface area contributed by atoms with Crippen molar-refractivity contribution in [1.82, 2.24) is 0 Å². The Morgan fingerprint density at radius 2 is 1.40 bits per heavy atom. The second-order valence-corrected chi connectivity index (χ2v) is 7.77. The maximum Gasteiger partial charge on any atom is 0.303 e. The molecule has 0 fully saturated rings. The lowest BCUT2D eigenvalue weighted by molar-refractivity contribution is -0.545. The van der Waals surface area contributed by atoms with Crippen LogP contribution in [0.2, 0.25) is 0 Å². The molecular weight excluding hydrogens is 474 g/mol. The highest BCUT2D eigenvalue weighted by Crippen LogP contribution is 2.33. The van der Waals surface area contributed by atoms with Crippen molar-refractivity contribution in [2.45, 2.75) is 77.6 Å². The third-order valence-electron chi connectivity index (χ3n) is 4.88. The molecule has 0 amide bonds. The van der Waals surface area contributed by atoms with E-state index in [1.165, 1.54) is 12.2 Å². The Kier molecular flexibility index (Phi) is 11.3. The summed E-state index contributed by atoms with van der Waals surface area (Å²) in [6.07, 6.45) is -5.73. The van der Waals surface area contributed by atoms with Gasteiger partial charge in [-0.25, -0.2) is 0 Å². The van der Waals surface area contributed by atoms with Crippen molar-refractivity contribution in [3.63, 3.8) is 0 Å². The first-order valence-corrected chi connectivity index (χ1v) is 10.5. The summed E-state index contributed by atoms with van der Waals surface area (Å²) in [5.41, 5.74) is 0. The number of aliphatic hydroxyl groups is 1. The van der Waals surface area contributed by atoms with Crippen LogP contribution in [0.3, 0.4) is 0 Å². The number of nitrogens with zero attached hydrogens (tertiary/aromatic N) is 1. The van der Waals surface area contributed by atoms with Crippen molar-refractivity contribution in [3.8, 4) is 0 Å². The normalized spacial score (nSPS) is 22.5. The van der Waals surface area contributed by atoms with Crippen LogP contribution >= 0.6 is 0 Å². The molecule has 1 aliphatic carbocycles. The standard InChI is InChI=1S/C21H29NO13/c1-10(23)31-9-17(32-11(2)24)20(34-13(4)26)21(35-14(5)27)19(33-12(3)25)15-7-6-8-16(28)18(15)22(29)30/h6,8,15-21,28H,7,9H2,1-5H3/t15-,16+,17+,18+,19?,20+,21+/m0/s1. The lowest BCUT2D eigenvalue weighted by Gasteiger charge is -2.39. The number of rotatable bonds is 11. The van der Waals surface area contributed by atoms with Crippen molar-refractivity contribution >= 4 is 29.8 Å². The van der Waals surface area contributed by atoms with Gasteiger partial charge in [0.1, 0.15) is 12.7 Å². The highest BCUT2D eigenvalue weighted by Gasteiger charge is 2.53. The Morgan fingerprint density at radius 3 is 1.86 bits per heavy atom. The average Bonchev–Trinajstić information content (AvgIpc) is 2.70. The molecule has 0 aliphatic heterocycles. The zero-order valence-electron chi connectivity index (χ0n) is 19.9. The van der Waals surface area contributed by atoms with Gasteiger partial charge in [0.25, 0.3) is 0 Å². The second kappa shape index (κ2) is 13.4. The second-order valence-electron chi connectivity index (χ2n) is 7.77. The Labute approximate surface area is 200 Å². The van der Waals surface area contributed by atoms with E-state index < -0.39 is 83.9 Å². The SMILES string of the molecule is CC(=O)OC[C@@H](OC(C)=O)[C@@H](OC(C)=O)[C@H](OC(C)=O)C(OC(C)=O)[C@H]1CC=C[C@@H](O)[C@@H]1[N+](=O)[O-]. The number of allylic oxidation sites excluding steroid dienone is 1. The Hall–Kier alpha value is -3.55. The quantitative estimate of drug-likeness (QED) is 0.129. The molecule has 0 aromatic rings. The molecule has 1 aliphatic rings. The summed E-state index contributed by atoms with van der Waals surface area (Å²) in [6, 6.07) is -1.69. The van der Waals surface area contributed by atoms with Crippen LogP contribution in [-0.2, 0) is 47.7 Å². The molecule has 1 rings (SSSR count). The van der Waals surface area contributed by atoms with Gasteiger partial charge in [-0.05, 0) is 6.42 Å². The van der Waals surface area contributed by atoms with Gasteiger partial charge >= 0.3 is 29.8 Å². The van der Waals surface area contributed by atoms with E-state index in [9.17, 15) is 39.2 Å². The summed E-state index contributed by atoms with van der Waals surface area (Å²) in [5.74, 6) is -5.75. The number of ether oxygens (including phenoxy) is 5. The first kappa shape index (κ1) is 29.5. The maximum absolute atomic E-state index is 12.0. The van der Waals surface area contributed by atoms with E-state index in [0.717, 1.165) is 34.6 Å². The third-order valence-corrected chi connectivity index (χ3v) is 4.88. The molecule has 1 unspecified atom stereocenters. The highest BCUT2D eigenvalue weighted by molar-refractivity contribution is 5.69. The molecular formula is C21H29NO13. The predicted molar refractivity (Wildman–Crippen MR) is 113 cm³/mol. The Balaban J connectivity index is 3.68. The van der Waals surface area contributed by atoms with Gasteiger partial charge in [-0.2, -0.15) is 0 Å². The van der Waals surface area contributed by atoms with Crippen LogP contribution in [0.25, 0.3) is 0 Å². The smallest absolute Gasteiger partial charge is 0.303 e. The van der Waals surface area contributed by atoms with E-state index in [1.54, 1.807) is 0 Å². The first-order chi connectivity index (χ1) is 16.2. The molecule has 0 heterocycles. The summed E-state index contributed by atoms with van der Waals surface area (Å²) in [5, 5.41) is 22.0. The number of hydrogen-bond acceptors (Lipinski definition) is 13. The van der Waals surface area contributed by atoms with Crippen molar-refractivity contribution < 1.29 is 57.7 Å². The number of hydrogen-bond donors (Lipinski definition) is 1. The van der Waals surface area contributed by atoms with Crippen LogP contribution in [0.15, 0.2) is 12.2 Å². The predicted octanol–water partition coefficient (Wildman–Crippen LogP) is -0.141. The fourth-order valence-electron chi connectivity index (χ4n) is 3.75. The lowest BCUT2D eigenvalue weighted by atomic mass is 9.79. The zero-order valence-corrected chi connectivity index (χ0v) is 19.9. The minimum atomic E-state index is -1.76. The van der Waals surface area contributed by atoms with Crippen LogP contribution in [0.1, 0.15) is 41.0 Å². The molecule has 1 N–H and O–H groups in total. The van der Waals surface area contributed by atoms with Crippen LogP contribution in [0, 0.1) is 16.0 Å². The van der Waals surface area contributed by atoms with E-state index >= 15 is 0 Å².